The van der Waals surface area contributed by atoms with E-state index in [1.807, 2.05) is 0 Å². The first kappa shape index (κ1) is 25.8. The number of amides is 2. The molecule has 1 aliphatic heterocycles. The zero-order valence-electron chi connectivity index (χ0n) is 21.1. The number of carbonyl (C=O) groups is 2. The molecule has 202 valence electrons. The van der Waals surface area contributed by atoms with Crippen LogP contribution in [0.15, 0.2) is 41.4 Å². The highest BCUT2D eigenvalue weighted by molar-refractivity contribution is 8.26. The summed E-state index contributed by atoms with van der Waals surface area (Å²) in [6.45, 7) is 0. The number of hydrazine groups is 1. The van der Waals surface area contributed by atoms with Gasteiger partial charge in [-0.3, -0.25) is 25.1 Å². The molecule has 7 rings (SSSR count). The summed E-state index contributed by atoms with van der Waals surface area (Å²) in [6.07, 6.45) is 9.41. The van der Waals surface area contributed by atoms with Crippen LogP contribution in [-0.4, -0.2) is 38.2 Å². The monoisotopic (exact) mass is 566 g/mol. The SMILES string of the molecule is COc1cc(/C=C2\SC(=S)N(NC(=O)C34CC5CC(CC(C5)C3)C4)C2=O)ccc1Oc1ncccc1[N+](=O)[O-]. The number of pyridine rings is 1. The van der Waals surface area contributed by atoms with Gasteiger partial charge in [-0.15, -0.1) is 0 Å². The first-order chi connectivity index (χ1) is 18.7. The topological polar surface area (TPSA) is 124 Å². The molecule has 1 aromatic carbocycles. The van der Waals surface area contributed by atoms with E-state index in [1.165, 1.54) is 49.7 Å². The number of rotatable bonds is 7. The van der Waals surface area contributed by atoms with Gasteiger partial charge in [0.1, 0.15) is 0 Å². The Morgan fingerprint density at radius 3 is 2.54 bits per heavy atom. The van der Waals surface area contributed by atoms with Crippen molar-refractivity contribution in [2.45, 2.75) is 38.5 Å². The fourth-order valence-electron chi connectivity index (χ4n) is 6.89. The van der Waals surface area contributed by atoms with Gasteiger partial charge >= 0.3 is 5.69 Å². The average molecular weight is 567 g/mol. The standard InChI is InChI=1S/C27H26N4O6S2/c1-36-21-10-15(4-5-20(21)37-23-19(31(34)35)3-2-6-28-23)11-22-24(32)30(26(38)39-22)29-25(33)27-12-16-7-17(13-27)9-18(8-16)14-27/h2-6,10-11,16-18H,7-9,12-14H2,1H3,(H,29,33)/b22-11-. The lowest BCUT2D eigenvalue weighted by atomic mass is 9.49. The van der Waals surface area contributed by atoms with E-state index in [0.717, 1.165) is 31.0 Å². The lowest BCUT2D eigenvalue weighted by Crippen LogP contribution is -2.57. The van der Waals surface area contributed by atoms with E-state index in [-0.39, 0.29) is 33.5 Å². The Labute approximate surface area is 234 Å². The number of hydrogen-bond acceptors (Lipinski definition) is 9. The molecule has 5 fully saturated rings. The van der Waals surface area contributed by atoms with Crippen molar-refractivity contribution in [2.75, 3.05) is 7.11 Å². The van der Waals surface area contributed by atoms with Gasteiger partial charge in [-0.05, 0) is 98.3 Å². The molecule has 5 aliphatic rings. The predicted molar refractivity (Wildman–Crippen MR) is 148 cm³/mol. The Kier molecular flexibility index (Phi) is 6.54. The molecule has 4 aliphatic carbocycles. The average Bonchev–Trinajstić information content (AvgIpc) is 3.16. The van der Waals surface area contributed by atoms with E-state index in [1.54, 1.807) is 24.3 Å². The number of ether oxygens (including phenoxy) is 2. The van der Waals surface area contributed by atoms with Gasteiger partial charge in [0.2, 0.25) is 5.91 Å². The normalized spacial score (nSPS) is 28.2. The highest BCUT2D eigenvalue weighted by Gasteiger charge is 2.55. The zero-order valence-corrected chi connectivity index (χ0v) is 22.8. The maximum absolute atomic E-state index is 13.5. The Morgan fingerprint density at radius 1 is 1.21 bits per heavy atom. The molecule has 10 nitrogen and oxygen atoms in total. The largest absolute Gasteiger partial charge is 0.493 e. The van der Waals surface area contributed by atoms with Crippen LogP contribution >= 0.6 is 24.0 Å². The van der Waals surface area contributed by atoms with Crippen molar-refractivity contribution in [3.63, 3.8) is 0 Å². The fraction of sp³-hybridized carbons (Fsp3) is 0.407. The molecular formula is C27H26N4O6S2. The number of aromatic nitrogens is 1. The second-order valence-electron chi connectivity index (χ2n) is 10.8. The third-order valence-corrected chi connectivity index (χ3v) is 9.47. The predicted octanol–water partition coefficient (Wildman–Crippen LogP) is 5.24. The fourth-order valence-corrected chi connectivity index (χ4v) is 8.07. The van der Waals surface area contributed by atoms with Crippen LogP contribution in [0.5, 0.6) is 17.4 Å². The van der Waals surface area contributed by atoms with E-state index in [9.17, 15) is 19.7 Å². The number of nitrogens with zero attached hydrogens (tertiary/aromatic N) is 3. The van der Waals surface area contributed by atoms with Gasteiger partial charge in [0, 0.05) is 12.3 Å². The summed E-state index contributed by atoms with van der Waals surface area (Å²) < 4.78 is 11.4. The van der Waals surface area contributed by atoms with Crippen molar-refractivity contribution in [1.82, 2.24) is 15.4 Å². The van der Waals surface area contributed by atoms with E-state index >= 15 is 0 Å². The number of nitrogens with one attached hydrogen (secondary N) is 1. The lowest BCUT2D eigenvalue weighted by Gasteiger charge is -2.55. The summed E-state index contributed by atoms with van der Waals surface area (Å²) in [5.74, 6) is 1.72. The van der Waals surface area contributed by atoms with Crippen molar-refractivity contribution in [1.29, 1.82) is 0 Å². The summed E-state index contributed by atoms with van der Waals surface area (Å²) >= 11 is 6.57. The molecule has 1 aromatic heterocycles. The highest BCUT2D eigenvalue weighted by atomic mass is 32.2. The first-order valence-electron chi connectivity index (χ1n) is 12.8. The third kappa shape index (κ3) is 4.76. The van der Waals surface area contributed by atoms with Crippen LogP contribution in [0.1, 0.15) is 44.1 Å². The van der Waals surface area contributed by atoms with Crippen molar-refractivity contribution < 1.29 is 24.0 Å². The first-order valence-corrected chi connectivity index (χ1v) is 14.0. The number of thiocarbonyl (C=S) groups is 1. The van der Waals surface area contributed by atoms with E-state index in [4.69, 9.17) is 21.7 Å². The Morgan fingerprint density at radius 2 is 1.90 bits per heavy atom. The molecule has 0 atom stereocenters. The van der Waals surface area contributed by atoms with Crippen LogP contribution in [0.4, 0.5) is 5.69 Å². The molecule has 0 unspecified atom stereocenters. The minimum Gasteiger partial charge on any atom is -0.493 e. The zero-order chi connectivity index (χ0) is 27.3. The van der Waals surface area contributed by atoms with Crippen LogP contribution in [0.2, 0.25) is 0 Å². The van der Waals surface area contributed by atoms with Crippen LogP contribution in [0, 0.1) is 33.3 Å². The number of methoxy groups -OCH3 is 1. The molecule has 2 heterocycles. The number of benzene rings is 1. The minimum atomic E-state index is -0.576. The van der Waals surface area contributed by atoms with Crippen LogP contribution in [-0.2, 0) is 9.59 Å². The Balaban J connectivity index is 1.18. The molecule has 2 aromatic rings. The smallest absolute Gasteiger partial charge is 0.331 e. The number of hydrogen-bond donors (Lipinski definition) is 1. The van der Waals surface area contributed by atoms with Gasteiger partial charge < -0.3 is 9.47 Å². The van der Waals surface area contributed by atoms with E-state index < -0.39 is 10.3 Å². The maximum atomic E-state index is 13.5. The van der Waals surface area contributed by atoms with Crippen molar-refractivity contribution in [2.24, 2.45) is 23.2 Å². The van der Waals surface area contributed by atoms with Gasteiger partial charge in [0.25, 0.3) is 11.8 Å². The minimum absolute atomic E-state index is 0.0917. The molecule has 39 heavy (non-hydrogen) atoms. The summed E-state index contributed by atoms with van der Waals surface area (Å²) in [5.41, 5.74) is 2.82. The van der Waals surface area contributed by atoms with E-state index in [0.29, 0.717) is 34.0 Å². The second-order valence-corrected chi connectivity index (χ2v) is 12.4. The van der Waals surface area contributed by atoms with Crippen molar-refractivity contribution >= 4 is 51.9 Å². The summed E-state index contributed by atoms with van der Waals surface area (Å²) in [4.78, 5) is 41.8. The quantitative estimate of drug-likeness (QED) is 0.207. The van der Waals surface area contributed by atoms with Gasteiger partial charge in [0.15, 0.2) is 15.8 Å². The summed E-state index contributed by atoms with van der Waals surface area (Å²) in [5, 5.41) is 12.5. The van der Waals surface area contributed by atoms with Gasteiger partial charge in [0.05, 0.1) is 22.4 Å². The van der Waals surface area contributed by atoms with Gasteiger partial charge in [-0.1, -0.05) is 17.8 Å². The van der Waals surface area contributed by atoms with Crippen LogP contribution < -0.4 is 14.9 Å². The van der Waals surface area contributed by atoms with Crippen molar-refractivity contribution in [3.8, 4) is 17.4 Å². The summed E-state index contributed by atoms with van der Waals surface area (Å²) in [6, 6.07) is 7.66. The Bertz CT molecular complexity index is 1390. The maximum Gasteiger partial charge on any atom is 0.331 e. The molecule has 12 heteroatoms. The van der Waals surface area contributed by atoms with E-state index in [2.05, 4.69) is 10.4 Å². The second kappa shape index (κ2) is 9.91. The van der Waals surface area contributed by atoms with Crippen molar-refractivity contribution in [3.05, 3.63) is 57.1 Å². The van der Waals surface area contributed by atoms with Gasteiger partial charge in [-0.25, -0.2) is 4.98 Å². The van der Waals surface area contributed by atoms with Crippen LogP contribution in [0.3, 0.4) is 0 Å². The molecule has 4 bridgehead atoms. The van der Waals surface area contributed by atoms with Crippen LogP contribution in [0.25, 0.3) is 6.08 Å². The Hall–Kier alpha value is -3.51. The molecule has 0 radical (unpaired) electrons. The molecular weight excluding hydrogens is 540 g/mol. The number of nitro groups is 1. The van der Waals surface area contributed by atoms with Gasteiger partial charge in [-0.2, -0.15) is 5.01 Å². The molecule has 1 saturated heterocycles. The molecule has 1 N–H and O–H groups in total. The highest BCUT2D eigenvalue weighted by Crippen LogP contribution is 2.60. The number of thioether (sulfide) groups is 1. The summed E-state index contributed by atoms with van der Waals surface area (Å²) in [7, 11) is 1.44. The third-order valence-electron chi connectivity index (χ3n) is 8.17. The molecule has 4 saturated carbocycles. The molecule has 2 amide bonds. The molecule has 0 spiro atoms. The number of carbonyl (C=O) groups excluding carboxylic acids is 2. The lowest BCUT2D eigenvalue weighted by molar-refractivity contribution is -0.386.